The number of piperidine rings is 1. The van der Waals surface area contributed by atoms with E-state index in [1.807, 2.05) is 34.9 Å². The van der Waals surface area contributed by atoms with E-state index < -0.39 is 0 Å². The molecule has 0 aromatic heterocycles. The van der Waals surface area contributed by atoms with Gasteiger partial charge in [0.1, 0.15) is 0 Å². The minimum atomic E-state index is 0.0170. The summed E-state index contributed by atoms with van der Waals surface area (Å²) in [5.41, 5.74) is 1.16. The number of nitrogens with zero attached hydrogens (tertiary/aromatic N) is 2. The molecule has 23 heavy (non-hydrogen) atoms. The summed E-state index contributed by atoms with van der Waals surface area (Å²) in [7, 11) is 0. The molecule has 2 fully saturated rings. The Balaban J connectivity index is 1.59. The number of hydrogen-bond donors (Lipinski definition) is 1. The number of fused-ring (bicyclic) bond motifs is 1. The minimum Gasteiger partial charge on any atom is -0.338 e. The van der Waals surface area contributed by atoms with Crippen LogP contribution in [0.5, 0.6) is 0 Å². The standard InChI is InChI=1S/C18H25N3O2/c1-2-8-19-18(23)21-11-15-9-17(22)20(12-16(15)13-21)10-14-6-4-3-5-7-14/h3-7,15-16H,2,8-13H2,1H3,(H,19,23)/t15-,16+/m0/s1. The third-order valence-corrected chi connectivity index (χ3v) is 4.85. The zero-order valence-corrected chi connectivity index (χ0v) is 13.7. The first-order valence-corrected chi connectivity index (χ1v) is 8.52. The quantitative estimate of drug-likeness (QED) is 0.925. The summed E-state index contributed by atoms with van der Waals surface area (Å²) in [6.07, 6.45) is 1.50. The predicted octanol–water partition coefficient (Wildman–Crippen LogP) is 2.09. The highest BCUT2D eigenvalue weighted by atomic mass is 16.2. The summed E-state index contributed by atoms with van der Waals surface area (Å²) in [4.78, 5) is 28.3. The lowest BCUT2D eigenvalue weighted by Gasteiger charge is -2.34. The minimum absolute atomic E-state index is 0.0170. The molecule has 124 valence electrons. The molecule has 0 radical (unpaired) electrons. The van der Waals surface area contributed by atoms with E-state index in [2.05, 4.69) is 17.4 Å². The molecule has 5 heteroatoms. The first-order chi connectivity index (χ1) is 11.2. The van der Waals surface area contributed by atoms with Crippen molar-refractivity contribution in [3.63, 3.8) is 0 Å². The summed E-state index contributed by atoms with van der Waals surface area (Å²) >= 11 is 0. The molecule has 2 saturated heterocycles. The maximum absolute atomic E-state index is 12.4. The highest BCUT2D eigenvalue weighted by molar-refractivity contribution is 5.78. The van der Waals surface area contributed by atoms with Crippen molar-refractivity contribution in [2.75, 3.05) is 26.2 Å². The summed E-state index contributed by atoms with van der Waals surface area (Å²) < 4.78 is 0. The number of likely N-dealkylation sites (tertiary alicyclic amines) is 2. The Kier molecular flexibility index (Phi) is 4.84. The first-order valence-electron chi connectivity index (χ1n) is 8.52. The van der Waals surface area contributed by atoms with Crippen LogP contribution in [0.25, 0.3) is 0 Å². The van der Waals surface area contributed by atoms with Gasteiger partial charge in [-0.2, -0.15) is 0 Å². The lowest BCUT2D eigenvalue weighted by Crippen LogP contribution is -2.43. The van der Waals surface area contributed by atoms with Crippen molar-refractivity contribution in [3.8, 4) is 0 Å². The summed E-state index contributed by atoms with van der Waals surface area (Å²) in [6.45, 7) is 5.67. The van der Waals surface area contributed by atoms with E-state index in [1.165, 1.54) is 0 Å². The van der Waals surface area contributed by atoms with Crippen LogP contribution in [-0.4, -0.2) is 47.9 Å². The number of hydrogen-bond acceptors (Lipinski definition) is 2. The van der Waals surface area contributed by atoms with Crippen molar-refractivity contribution in [1.29, 1.82) is 0 Å². The van der Waals surface area contributed by atoms with E-state index in [4.69, 9.17) is 0 Å². The van der Waals surface area contributed by atoms with Gasteiger partial charge in [0.2, 0.25) is 5.91 Å². The van der Waals surface area contributed by atoms with Crippen LogP contribution in [0.15, 0.2) is 30.3 Å². The monoisotopic (exact) mass is 315 g/mol. The molecule has 2 atom stereocenters. The van der Waals surface area contributed by atoms with Crippen LogP contribution in [0.2, 0.25) is 0 Å². The van der Waals surface area contributed by atoms with Gasteiger partial charge in [0, 0.05) is 39.1 Å². The molecule has 2 aliphatic rings. The van der Waals surface area contributed by atoms with Gasteiger partial charge in [0.15, 0.2) is 0 Å². The maximum Gasteiger partial charge on any atom is 0.317 e. The zero-order valence-electron chi connectivity index (χ0n) is 13.7. The molecule has 0 saturated carbocycles. The second-order valence-electron chi connectivity index (χ2n) is 6.62. The number of carbonyl (C=O) groups is 2. The lowest BCUT2D eigenvalue weighted by molar-refractivity contribution is -0.136. The van der Waals surface area contributed by atoms with Gasteiger partial charge in [-0.05, 0) is 23.8 Å². The SMILES string of the molecule is CCCNC(=O)N1C[C@H]2CN(Cc3ccccc3)C(=O)C[C@H]2C1. The van der Waals surface area contributed by atoms with Crippen LogP contribution < -0.4 is 5.32 Å². The highest BCUT2D eigenvalue weighted by Crippen LogP contribution is 2.32. The fourth-order valence-electron chi connectivity index (χ4n) is 3.58. The van der Waals surface area contributed by atoms with Crippen LogP contribution in [0.1, 0.15) is 25.3 Å². The molecular weight excluding hydrogens is 290 g/mol. The largest absolute Gasteiger partial charge is 0.338 e. The fraction of sp³-hybridized carbons (Fsp3) is 0.556. The Morgan fingerprint density at radius 2 is 1.91 bits per heavy atom. The average Bonchev–Trinajstić information content (AvgIpc) is 2.96. The average molecular weight is 315 g/mol. The van der Waals surface area contributed by atoms with Gasteiger partial charge in [-0.25, -0.2) is 4.79 Å². The molecular formula is C18H25N3O2. The molecule has 1 N–H and O–H groups in total. The van der Waals surface area contributed by atoms with Gasteiger partial charge in [0.05, 0.1) is 0 Å². The van der Waals surface area contributed by atoms with Gasteiger partial charge in [-0.3, -0.25) is 4.79 Å². The van der Waals surface area contributed by atoms with Gasteiger partial charge in [-0.15, -0.1) is 0 Å². The van der Waals surface area contributed by atoms with Crippen molar-refractivity contribution in [3.05, 3.63) is 35.9 Å². The second-order valence-corrected chi connectivity index (χ2v) is 6.62. The number of nitrogens with one attached hydrogen (secondary N) is 1. The van der Waals surface area contributed by atoms with Crippen molar-refractivity contribution in [2.24, 2.45) is 11.8 Å². The van der Waals surface area contributed by atoms with E-state index in [1.54, 1.807) is 0 Å². The number of amides is 3. The van der Waals surface area contributed by atoms with E-state index in [-0.39, 0.29) is 11.9 Å². The zero-order chi connectivity index (χ0) is 16.2. The smallest absolute Gasteiger partial charge is 0.317 e. The van der Waals surface area contributed by atoms with Gasteiger partial charge >= 0.3 is 6.03 Å². The number of urea groups is 1. The van der Waals surface area contributed by atoms with Crippen molar-refractivity contribution in [1.82, 2.24) is 15.1 Å². The lowest BCUT2D eigenvalue weighted by atomic mass is 9.88. The van der Waals surface area contributed by atoms with Crippen LogP contribution in [0.3, 0.4) is 0 Å². The van der Waals surface area contributed by atoms with E-state index >= 15 is 0 Å². The molecule has 3 rings (SSSR count). The molecule has 0 aliphatic carbocycles. The second kappa shape index (κ2) is 7.02. The Hall–Kier alpha value is -2.04. The Labute approximate surface area is 137 Å². The van der Waals surface area contributed by atoms with Gasteiger partial charge in [0.25, 0.3) is 0 Å². The number of rotatable bonds is 4. The van der Waals surface area contributed by atoms with Crippen molar-refractivity contribution in [2.45, 2.75) is 26.3 Å². The van der Waals surface area contributed by atoms with Crippen LogP contribution in [-0.2, 0) is 11.3 Å². The van der Waals surface area contributed by atoms with Crippen molar-refractivity contribution < 1.29 is 9.59 Å². The van der Waals surface area contributed by atoms with Crippen LogP contribution in [0.4, 0.5) is 4.79 Å². The molecule has 0 unspecified atom stereocenters. The summed E-state index contributed by atoms with van der Waals surface area (Å²) in [6, 6.07) is 10.1. The molecule has 1 aromatic carbocycles. The molecule has 1 aromatic rings. The summed E-state index contributed by atoms with van der Waals surface area (Å²) in [5.74, 6) is 0.941. The third-order valence-electron chi connectivity index (χ3n) is 4.85. The predicted molar refractivity (Wildman–Crippen MR) is 88.7 cm³/mol. The molecule has 2 heterocycles. The van der Waals surface area contributed by atoms with Gasteiger partial charge < -0.3 is 15.1 Å². The third kappa shape index (κ3) is 3.66. The Morgan fingerprint density at radius 3 is 2.65 bits per heavy atom. The molecule has 3 amide bonds. The van der Waals surface area contributed by atoms with Crippen LogP contribution in [0, 0.1) is 11.8 Å². The van der Waals surface area contributed by atoms with E-state index in [9.17, 15) is 9.59 Å². The normalized spacial score (nSPS) is 23.8. The van der Waals surface area contributed by atoms with Gasteiger partial charge in [-0.1, -0.05) is 37.3 Å². The molecule has 2 aliphatic heterocycles. The highest BCUT2D eigenvalue weighted by Gasteiger charge is 2.41. The van der Waals surface area contributed by atoms with Crippen molar-refractivity contribution >= 4 is 11.9 Å². The van der Waals surface area contributed by atoms with E-state index in [0.29, 0.717) is 37.9 Å². The van der Waals surface area contributed by atoms with E-state index in [0.717, 1.165) is 25.1 Å². The fourth-order valence-corrected chi connectivity index (χ4v) is 3.58. The number of benzene rings is 1. The Morgan fingerprint density at radius 1 is 1.17 bits per heavy atom. The summed E-state index contributed by atoms with van der Waals surface area (Å²) in [5, 5.41) is 2.93. The topological polar surface area (TPSA) is 52.7 Å². The first kappa shape index (κ1) is 15.8. The molecule has 0 bridgehead atoms. The Bertz CT molecular complexity index is 561. The molecule has 0 spiro atoms. The van der Waals surface area contributed by atoms with Crippen LogP contribution >= 0.6 is 0 Å². The maximum atomic E-state index is 12.4. The number of carbonyl (C=O) groups excluding carboxylic acids is 2. The molecule has 5 nitrogen and oxygen atoms in total.